The van der Waals surface area contributed by atoms with E-state index in [1.54, 1.807) is 18.5 Å². The second kappa shape index (κ2) is 6.68. The Hall–Kier alpha value is -2.28. The molecule has 0 aromatic carbocycles. The summed E-state index contributed by atoms with van der Waals surface area (Å²) in [6.07, 6.45) is 4.13. The normalized spacial score (nSPS) is 16.0. The van der Waals surface area contributed by atoms with E-state index in [2.05, 4.69) is 45.6 Å². The van der Waals surface area contributed by atoms with Crippen molar-refractivity contribution in [2.45, 2.75) is 45.7 Å². The van der Waals surface area contributed by atoms with Crippen LogP contribution in [-0.4, -0.2) is 42.9 Å². The van der Waals surface area contributed by atoms with Gasteiger partial charge in [-0.1, -0.05) is 13.8 Å². The van der Waals surface area contributed by atoms with Crippen LogP contribution in [0.25, 0.3) is 0 Å². The highest BCUT2D eigenvalue weighted by atomic mass is 16.2. The SMILES string of the molecule is CC(C)c1nc2c(n1C)CCN(C(C)C(=O)Nc1ncccn1)C2. The van der Waals surface area contributed by atoms with E-state index in [1.807, 2.05) is 6.92 Å². The van der Waals surface area contributed by atoms with Crippen LogP contribution in [0, 0.1) is 0 Å². The zero-order valence-electron chi connectivity index (χ0n) is 14.7. The summed E-state index contributed by atoms with van der Waals surface area (Å²) in [5.41, 5.74) is 2.37. The third-order valence-corrected chi connectivity index (χ3v) is 4.56. The van der Waals surface area contributed by atoms with Gasteiger partial charge in [-0.3, -0.25) is 15.0 Å². The molecule has 1 atom stereocenters. The molecular formula is C17H24N6O. The van der Waals surface area contributed by atoms with Gasteiger partial charge in [0, 0.05) is 50.6 Å². The molecule has 2 aromatic heterocycles. The molecule has 1 aliphatic rings. The van der Waals surface area contributed by atoms with Crippen molar-refractivity contribution in [2.24, 2.45) is 7.05 Å². The minimum Gasteiger partial charge on any atom is -0.335 e. The van der Waals surface area contributed by atoms with E-state index >= 15 is 0 Å². The van der Waals surface area contributed by atoms with Crippen LogP contribution in [0.3, 0.4) is 0 Å². The van der Waals surface area contributed by atoms with E-state index in [0.717, 1.165) is 24.5 Å². The number of imidazole rings is 1. The van der Waals surface area contributed by atoms with Crippen LogP contribution in [-0.2, 0) is 24.8 Å². The zero-order valence-corrected chi connectivity index (χ0v) is 14.7. The van der Waals surface area contributed by atoms with Gasteiger partial charge in [0.25, 0.3) is 0 Å². The predicted molar refractivity (Wildman–Crippen MR) is 91.5 cm³/mol. The number of nitrogens with zero attached hydrogens (tertiary/aromatic N) is 5. The second-order valence-electron chi connectivity index (χ2n) is 6.54. The summed E-state index contributed by atoms with van der Waals surface area (Å²) in [6, 6.07) is 1.46. The maximum absolute atomic E-state index is 12.4. The smallest absolute Gasteiger partial charge is 0.243 e. The van der Waals surface area contributed by atoms with Gasteiger partial charge >= 0.3 is 0 Å². The van der Waals surface area contributed by atoms with Gasteiger partial charge in [-0.25, -0.2) is 15.0 Å². The summed E-state index contributed by atoms with van der Waals surface area (Å²) >= 11 is 0. The van der Waals surface area contributed by atoms with Gasteiger partial charge in [0.15, 0.2) is 0 Å². The summed E-state index contributed by atoms with van der Waals surface area (Å²) in [5, 5.41) is 2.77. The molecule has 0 aliphatic carbocycles. The maximum Gasteiger partial charge on any atom is 0.243 e. The Morgan fingerprint density at radius 3 is 2.62 bits per heavy atom. The van der Waals surface area contributed by atoms with E-state index in [4.69, 9.17) is 4.98 Å². The van der Waals surface area contributed by atoms with Crippen molar-refractivity contribution in [2.75, 3.05) is 11.9 Å². The van der Waals surface area contributed by atoms with Crippen LogP contribution in [0.5, 0.6) is 0 Å². The second-order valence-corrected chi connectivity index (χ2v) is 6.54. The molecule has 0 fully saturated rings. The summed E-state index contributed by atoms with van der Waals surface area (Å²) in [5.74, 6) is 1.75. The maximum atomic E-state index is 12.4. The van der Waals surface area contributed by atoms with E-state index < -0.39 is 0 Å². The quantitative estimate of drug-likeness (QED) is 0.925. The average molecular weight is 328 g/mol. The van der Waals surface area contributed by atoms with Gasteiger partial charge in [0.1, 0.15) is 5.82 Å². The number of anilines is 1. The van der Waals surface area contributed by atoms with E-state index in [-0.39, 0.29) is 11.9 Å². The Morgan fingerprint density at radius 1 is 1.25 bits per heavy atom. The third kappa shape index (κ3) is 3.17. The van der Waals surface area contributed by atoms with Crippen LogP contribution in [0.1, 0.15) is 43.9 Å². The Morgan fingerprint density at radius 2 is 1.96 bits per heavy atom. The monoisotopic (exact) mass is 328 g/mol. The number of fused-ring (bicyclic) bond motifs is 1. The fourth-order valence-corrected chi connectivity index (χ4v) is 3.16. The summed E-state index contributed by atoms with van der Waals surface area (Å²) in [6.45, 7) is 7.76. The Bertz CT molecular complexity index is 724. The molecule has 0 spiro atoms. The van der Waals surface area contributed by atoms with E-state index in [1.165, 1.54) is 5.69 Å². The van der Waals surface area contributed by atoms with Crippen molar-refractivity contribution in [1.29, 1.82) is 0 Å². The number of carbonyl (C=O) groups excluding carboxylic acids is 1. The van der Waals surface area contributed by atoms with Crippen LogP contribution in [0.4, 0.5) is 5.95 Å². The third-order valence-electron chi connectivity index (χ3n) is 4.56. The van der Waals surface area contributed by atoms with Gasteiger partial charge in [0.2, 0.25) is 11.9 Å². The van der Waals surface area contributed by atoms with Gasteiger partial charge < -0.3 is 4.57 Å². The lowest BCUT2D eigenvalue weighted by Crippen LogP contribution is -2.44. The molecular weight excluding hydrogens is 304 g/mol. The highest BCUT2D eigenvalue weighted by Gasteiger charge is 2.29. The first-order valence-electron chi connectivity index (χ1n) is 8.33. The van der Waals surface area contributed by atoms with Crippen LogP contribution >= 0.6 is 0 Å². The van der Waals surface area contributed by atoms with Crippen LogP contribution < -0.4 is 5.32 Å². The van der Waals surface area contributed by atoms with Crippen molar-refractivity contribution in [1.82, 2.24) is 24.4 Å². The van der Waals surface area contributed by atoms with Crippen molar-refractivity contribution >= 4 is 11.9 Å². The van der Waals surface area contributed by atoms with Crippen LogP contribution in [0.2, 0.25) is 0 Å². The molecule has 1 unspecified atom stereocenters. The minimum absolute atomic E-state index is 0.0929. The molecule has 7 heteroatoms. The molecule has 128 valence electrons. The Kier molecular flexibility index (Phi) is 4.62. The fraction of sp³-hybridized carbons (Fsp3) is 0.529. The Balaban J connectivity index is 1.70. The lowest BCUT2D eigenvalue weighted by molar-refractivity contribution is -0.121. The number of hydrogen-bond donors (Lipinski definition) is 1. The first kappa shape index (κ1) is 16.6. The number of aromatic nitrogens is 4. The molecule has 0 bridgehead atoms. The number of nitrogens with one attached hydrogen (secondary N) is 1. The van der Waals surface area contributed by atoms with Crippen molar-refractivity contribution in [3.8, 4) is 0 Å². The van der Waals surface area contributed by atoms with Crippen LogP contribution in [0.15, 0.2) is 18.5 Å². The molecule has 0 saturated carbocycles. The molecule has 7 nitrogen and oxygen atoms in total. The molecule has 24 heavy (non-hydrogen) atoms. The van der Waals surface area contributed by atoms with Crippen molar-refractivity contribution in [3.63, 3.8) is 0 Å². The molecule has 2 aromatic rings. The number of rotatable bonds is 4. The van der Waals surface area contributed by atoms with Gasteiger partial charge in [-0.2, -0.15) is 0 Å². The number of amides is 1. The van der Waals surface area contributed by atoms with Gasteiger partial charge in [-0.15, -0.1) is 0 Å². The summed E-state index contributed by atoms with van der Waals surface area (Å²) < 4.78 is 2.21. The largest absolute Gasteiger partial charge is 0.335 e. The lowest BCUT2D eigenvalue weighted by atomic mass is 10.1. The molecule has 1 N–H and O–H groups in total. The number of carbonyl (C=O) groups is 1. The Labute approximate surface area is 142 Å². The van der Waals surface area contributed by atoms with Crippen molar-refractivity contribution < 1.29 is 4.79 Å². The molecule has 3 rings (SSSR count). The first-order chi connectivity index (χ1) is 11.5. The molecule has 1 aliphatic heterocycles. The topological polar surface area (TPSA) is 75.9 Å². The summed E-state index contributed by atoms with van der Waals surface area (Å²) in [4.78, 5) is 27.5. The predicted octanol–water partition coefficient (Wildman–Crippen LogP) is 1.72. The van der Waals surface area contributed by atoms with E-state index in [0.29, 0.717) is 18.4 Å². The van der Waals surface area contributed by atoms with Crippen molar-refractivity contribution in [3.05, 3.63) is 35.7 Å². The zero-order chi connectivity index (χ0) is 17.3. The molecule has 1 amide bonds. The number of hydrogen-bond acceptors (Lipinski definition) is 5. The van der Waals surface area contributed by atoms with E-state index in [9.17, 15) is 4.79 Å². The van der Waals surface area contributed by atoms with Gasteiger partial charge in [0.05, 0.1) is 11.7 Å². The standard InChI is InChI=1S/C17H24N6O/c1-11(2)15-20-13-10-23(9-6-14(13)22(15)4)12(3)16(24)21-17-18-7-5-8-19-17/h5,7-8,11-12H,6,9-10H2,1-4H3,(H,18,19,21,24). The highest BCUT2D eigenvalue weighted by Crippen LogP contribution is 2.24. The highest BCUT2D eigenvalue weighted by molar-refractivity contribution is 5.93. The first-order valence-corrected chi connectivity index (χ1v) is 8.33. The molecule has 3 heterocycles. The molecule has 0 saturated heterocycles. The molecule has 0 radical (unpaired) electrons. The fourth-order valence-electron chi connectivity index (χ4n) is 3.16. The lowest BCUT2D eigenvalue weighted by Gasteiger charge is -2.31. The minimum atomic E-state index is -0.258. The average Bonchev–Trinajstić information content (AvgIpc) is 2.91. The van der Waals surface area contributed by atoms with Gasteiger partial charge in [-0.05, 0) is 13.0 Å². The summed E-state index contributed by atoms with van der Waals surface area (Å²) in [7, 11) is 2.08.